The second-order valence-electron chi connectivity index (χ2n) is 5.88. The van der Waals surface area contributed by atoms with Gasteiger partial charge in [-0.1, -0.05) is 13.3 Å². The Labute approximate surface area is 127 Å². The van der Waals surface area contributed by atoms with Crippen molar-refractivity contribution >= 4 is 0 Å². The summed E-state index contributed by atoms with van der Waals surface area (Å²) < 4.78 is 17.2. The number of rotatable bonds is 6. The van der Waals surface area contributed by atoms with Crippen LogP contribution in [0.2, 0.25) is 0 Å². The summed E-state index contributed by atoms with van der Waals surface area (Å²) in [6.07, 6.45) is 5.76. The first-order valence-electron chi connectivity index (χ1n) is 7.79. The van der Waals surface area contributed by atoms with E-state index in [9.17, 15) is 0 Å². The lowest BCUT2D eigenvalue weighted by Crippen LogP contribution is -2.24. The Balaban J connectivity index is 2.23. The van der Waals surface area contributed by atoms with Gasteiger partial charge in [0.25, 0.3) is 0 Å². The zero-order chi connectivity index (χ0) is 15.2. The van der Waals surface area contributed by atoms with E-state index in [0.29, 0.717) is 6.54 Å². The summed E-state index contributed by atoms with van der Waals surface area (Å²) in [4.78, 5) is 0. The van der Waals surface area contributed by atoms with Crippen LogP contribution in [0.3, 0.4) is 0 Å². The maximum absolute atomic E-state index is 6.22. The van der Waals surface area contributed by atoms with Crippen LogP contribution in [0.5, 0.6) is 17.2 Å². The fourth-order valence-corrected chi connectivity index (χ4v) is 3.01. The van der Waals surface area contributed by atoms with Gasteiger partial charge in [-0.15, -0.1) is 0 Å². The lowest BCUT2D eigenvalue weighted by molar-refractivity contribution is 0.121. The number of benzene rings is 1. The summed E-state index contributed by atoms with van der Waals surface area (Å²) >= 11 is 0. The Morgan fingerprint density at radius 2 is 1.81 bits per heavy atom. The molecule has 1 fully saturated rings. The Bertz CT molecular complexity index is 436. The van der Waals surface area contributed by atoms with Crippen LogP contribution in [0.1, 0.15) is 38.2 Å². The van der Waals surface area contributed by atoms with Crippen molar-refractivity contribution < 1.29 is 14.2 Å². The molecule has 1 saturated carbocycles. The third kappa shape index (κ3) is 4.03. The normalized spacial score (nSPS) is 21.9. The highest BCUT2D eigenvalue weighted by molar-refractivity contribution is 5.54. The molecular weight excluding hydrogens is 266 g/mol. The number of nitrogens with two attached hydrogens (primary N) is 1. The minimum Gasteiger partial charge on any atom is -0.493 e. The van der Waals surface area contributed by atoms with Crippen molar-refractivity contribution in [3.8, 4) is 17.2 Å². The van der Waals surface area contributed by atoms with Crippen molar-refractivity contribution in [3.05, 3.63) is 17.7 Å². The fraction of sp³-hybridized carbons (Fsp3) is 0.647. The quantitative estimate of drug-likeness (QED) is 0.875. The van der Waals surface area contributed by atoms with Gasteiger partial charge in [0.15, 0.2) is 11.5 Å². The molecule has 2 unspecified atom stereocenters. The van der Waals surface area contributed by atoms with E-state index < -0.39 is 0 Å². The Morgan fingerprint density at radius 3 is 2.33 bits per heavy atom. The summed E-state index contributed by atoms with van der Waals surface area (Å²) in [5.74, 6) is 2.91. The summed E-state index contributed by atoms with van der Waals surface area (Å²) in [5, 5.41) is 0. The molecule has 4 heteroatoms. The van der Waals surface area contributed by atoms with Gasteiger partial charge in [-0.2, -0.15) is 0 Å². The first-order chi connectivity index (χ1) is 10.2. The van der Waals surface area contributed by atoms with Gasteiger partial charge in [-0.3, -0.25) is 0 Å². The molecule has 1 aliphatic rings. The molecule has 1 aromatic rings. The lowest BCUT2D eigenvalue weighted by atomic mass is 9.88. The third-order valence-electron chi connectivity index (χ3n) is 4.13. The largest absolute Gasteiger partial charge is 0.493 e. The molecule has 0 spiro atoms. The summed E-state index contributed by atoms with van der Waals surface area (Å²) in [6.45, 7) is 2.89. The zero-order valence-electron chi connectivity index (χ0n) is 13.4. The van der Waals surface area contributed by atoms with Crippen molar-refractivity contribution in [3.63, 3.8) is 0 Å². The maximum Gasteiger partial charge on any atom is 0.203 e. The second-order valence-corrected chi connectivity index (χ2v) is 5.88. The molecule has 1 aliphatic carbocycles. The molecule has 0 bridgehead atoms. The highest BCUT2D eigenvalue weighted by Gasteiger charge is 2.23. The van der Waals surface area contributed by atoms with Crippen LogP contribution < -0.4 is 19.9 Å². The molecular formula is C17H27NO3. The number of hydrogen-bond donors (Lipinski definition) is 1. The van der Waals surface area contributed by atoms with E-state index in [2.05, 4.69) is 6.92 Å². The van der Waals surface area contributed by atoms with Gasteiger partial charge < -0.3 is 19.9 Å². The van der Waals surface area contributed by atoms with Gasteiger partial charge in [-0.05, 0) is 55.8 Å². The lowest BCUT2D eigenvalue weighted by Gasteiger charge is -2.28. The molecule has 2 atom stereocenters. The van der Waals surface area contributed by atoms with Crippen molar-refractivity contribution in [2.24, 2.45) is 11.7 Å². The Hall–Kier alpha value is -1.42. The molecule has 0 radical (unpaired) electrons. The van der Waals surface area contributed by atoms with Crippen LogP contribution in [-0.4, -0.2) is 26.9 Å². The van der Waals surface area contributed by atoms with Crippen LogP contribution in [-0.2, 0) is 6.42 Å². The van der Waals surface area contributed by atoms with Gasteiger partial charge in [0.1, 0.15) is 0 Å². The molecule has 2 N–H and O–H groups in total. The number of methoxy groups -OCH3 is 2. The van der Waals surface area contributed by atoms with Gasteiger partial charge in [-0.25, -0.2) is 0 Å². The average molecular weight is 293 g/mol. The van der Waals surface area contributed by atoms with E-state index in [4.69, 9.17) is 19.9 Å². The predicted molar refractivity (Wildman–Crippen MR) is 84.4 cm³/mol. The van der Waals surface area contributed by atoms with Gasteiger partial charge in [0.2, 0.25) is 5.75 Å². The fourth-order valence-electron chi connectivity index (χ4n) is 3.01. The molecule has 0 aromatic heterocycles. The van der Waals surface area contributed by atoms with E-state index in [-0.39, 0.29) is 6.10 Å². The first kappa shape index (κ1) is 16.0. The topological polar surface area (TPSA) is 53.7 Å². The standard InChI is InChI=1S/C17H27NO3/c1-12-5-4-6-14(9-12)21-17-15(19-2)10-13(7-8-18)11-16(17)20-3/h10-12,14H,4-9,18H2,1-3H3. The molecule has 0 amide bonds. The number of hydrogen-bond acceptors (Lipinski definition) is 4. The zero-order valence-corrected chi connectivity index (χ0v) is 13.4. The predicted octanol–water partition coefficient (Wildman–Crippen LogP) is 3.16. The summed E-state index contributed by atoms with van der Waals surface area (Å²) in [7, 11) is 3.33. The smallest absolute Gasteiger partial charge is 0.203 e. The Morgan fingerprint density at radius 1 is 1.14 bits per heavy atom. The third-order valence-corrected chi connectivity index (χ3v) is 4.13. The van der Waals surface area contributed by atoms with Gasteiger partial charge in [0, 0.05) is 0 Å². The molecule has 118 valence electrons. The molecule has 1 aromatic carbocycles. The molecule has 0 heterocycles. The molecule has 2 rings (SSSR count). The van der Waals surface area contributed by atoms with Crippen LogP contribution >= 0.6 is 0 Å². The Kier molecular flexibility index (Phi) is 5.74. The molecule has 0 aliphatic heterocycles. The van der Waals surface area contributed by atoms with Crippen LogP contribution in [0, 0.1) is 5.92 Å². The van der Waals surface area contributed by atoms with Crippen molar-refractivity contribution in [1.29, 1.82) is 0 Å². The summed E-state index contributed by atoms with van der Waals surface area (Å²) in [5.41, 5.74) is 6.74. The van der Waals surface area contributed by atoms with Gasteiger partial charge in [0.05, 0.1) is 20.3 Å². The monoisotopic (exact) mass is 293 g/mol. The van der Waals surface area contributed by atoms with Crippen LogP contribution in [0.15, 0.2) is 12.1 Å². The number of ether oxygens (including phenoxy) is 3. The minimum absolute atomic E-state index is 0.247. The van der Waals surface area contributed by atoms with E-state index in [1.165, 1.54) is 12.8 Å². The van der Waals surface area contributed by atoms with Crippen molar-refractivity contribution in [2.75, 3.05) is 20.8 Å². The maximum atomic E-state index is 6.22. The second kappa shape index (κ2) is 7.55. The first-order valence-corrected chi connectivity index (χ1v) is 7.79. The van der Waals surface area contributed by atoms with E-state index in [1.807, 2.05) is 12.1 Å². The van der Waals surface area contributed by atoms with Crippen LogP contribution in [0.4, 0.5) is 0 Å². The van der Waals surface area contributed by atoms with Gasteiger partial charge >= 0.3 is 0 Å². The highest BCUT2D eigenvalue weighted by Crippen LogP contribution is 2.41. The van der Waals surface area contributed by atoms with E-state index in [0.717, 1.165) is 48.0 Å². The molecule has 21 heavy (non-hydrogen) atoms. The average Bonchev–Trinajstić information content (AvgIpc) is 2.48. The molecule has 0 saturated heterocycles. The van der Waals surface area contributed by atoms with E-state index >= 15 is 0 Å². The van der Waals surface area contributed by atoms with Crippen LogP contribution in [0.25, 0.3) is 0 Å². The highest BCUT2D eigenvalue weighted by atomic mass is 16.5. The van der Waals surface area contributed by atoms with E-state index in [1.54, 1.807) is 14.2 Å². The van der Waals surface area contributed by atoms with Crippen molar-refractivity contribution in [2.45, 2.75) is 45.1 Å². The summed E-state index contributed by atoms with van der Waals surface area (Å²) in [6, 6.07) is 3.99. The molecule has 4 nitrogen and oxygen atoms in total. The minimum atomic E-state index is 0.247. The van der Waals surface area contributed by atoms with Crippen molar-refractivity contribution in [1.82, 2.24) is 0 Å². The SMILES string of the molecule is COc1cc(CCN)cc(OC)c1OC1CCCC(C)C1.